The van der Waals surface area contributed by atoms with Crippen LogP contribution in [0.4, 0.5) is 10.2 Å². The Morgan fingerprint density at radius 1 is 0.971 bits per heavy atom. The molecule has 0 spiro atoms. The summed E-state index contributed by atoms with van der Waals surface area (Å²) in [6.45, 7) is 4.91. The molecule has 2 saturated heterocycles. The fourth-order valence-corrected chi connectivity index (χ4v) is 4.73. The molecule has 9 heteroatoms. The SMILES string of the molecule is Fc1ccc2[nH]ccc2c1-c1nc(N2CCOCC2)c2nc(CNC3CCOCC3)ccc2n1. The molecule has 0 radical (unpaired) electrons. The van der Waals surface area contributed by atoms with Gasteiger partial charge in [0.05, 0.1) is 30.0 Å². The second-order valence-corrected chi connectivity index (χ2v) is 8.77. The maximum Gasteiger partial charge on any atom is 0.165 e. The second kappa shape index (κ2) is 9.25. The summed E-state index contributed by atoms with van der Waals surface area (Å²) >= 11 is 0. The molecule has 2 aliphatic rings. The molecule has 0 amide bonds. The number of pyridine rings is 1. The monoisotopic (exact) mass is 462 g/mol. The van der Waals surface area contributed by atoms with Crippen molar-refractivity contribution in [1.29, 1.82) is 0 Å². The Kier molecular flexibility index (Phi) is 5.82. The van der Waals surface area contributed by atoms with Crippen LogP contribution >= 0.6 is 0 Å². The number of H-pyrrole nitrogens is 1. The third kappa shape index (κ3) is 4.11. The maximum absolute atomic E-state index is 15.0. The Bertz CT molecular complexity index is 1310. The van der Waals surface area contributed by atoms with Crippen molar-refractivity contribution in [2.24, 2.45) is 0 Å². The molecule has 176 valence electrons. The van der Waals surface area contributed by atoms with E-state index in [0.29, 0.717) is 55.8 Å². The number of fused-ring (bicyclic) bond motifs is 2. The van der Waals surface area contributed by atoms with Crippen LogP contribution in [0.5, 0.6) is 0 Å². The van der Waals surface area contributed by atoms with Crippen molar-refractivity contribution in [2.75, 3.05) is 44.4 Å². The maximum atomic E-state index is 15.0. The molecule has 2 aliphatic heterocycles. The van der Waals surface area contributed by atoms with Gasteiger partial charge in [-0.05, 0) is 43.2 Å². The molecular weight excluding hydrogens is 435 g/mol. The highest BCUT2D eigenvalue weighted by Gasteiger charge is 2.22. The topological polar surface area (TPSA) is 88.2 Å². The first-order valence-corrected chi connectivity index (χ1v) is 11.8. The summed E-state index contributed by atoms with van der Waals surface area (Å²) in [6, 6.07) is 9.44. The van der Waals surface area contributed by atoms with E-state index in [2.05, 4.69) is 15.2 Å². The van der Waals surface area contributed by atoms with E-state index in [-0.39, 0.29) is 5.82 Å². The average Bonchev–Trinajstić information content (AvgIpc) is 3.36. The Hall–Kier alpha value is -3.14. The second-order valence-electron chi connectivity index (χ2n) is 8.77. The van der Waals surface area contributed by atoms with Gasteiger partial charge in [-0.1, -0.05) is 0 Å². The van der Waals surface area contributed by atoms with E-state index in [1.807, 2.05) is 18.2 Å². The largest absolute Gasteiger partial charge is 0.381 e. The van der Waals surface area contributed by atoms with Gasteiger partial charge < -0.3 is 24.7 Å². The summed E-state index contributed by atoms with van der Waals surface area (Å²) in [5.41, 5.74) is 3.62. The van der Waals surface area contributed by atoms with E-state index in [1.165, 1.54) is 6.07 Å². The predicted molar refractivity (Wildman–Crippen MR) is 128 cm³/mol. The van der Waals surface area contributed by atoms with Gasteiger partial charge in [-0.2, -0.15) is 0 Å². The molecule has 1 aromatic carbocycles. The molecule has 5 heterocycles. The van der Waals surface area contributed by atoms with Gasteiger partial charge in [0.1, 0.15) is 11.3 Å². The number of ether oxygens (including phenoxy) is 2. The molecule has 2 N–H and O–H groups in total. The van der Waals surface area contributed by atoms with Crippen molar-refractivity contribution in [3.63, 3.8) is 0 Å². The van der Waals surface area contributed by atoms with Crippen LogP contribution in [-0.4, -0.2) is 65.5 Å². The molecule has 3 aromatic heterocycles. The standard InChI is InChI=1S/C25H27FN6O2/c26-19-2-4-20-18(5-8-27-20)22(19)24-30-21-3-1-17(15-28-16-6-11-33-12-7-16)29-23(21)25(31-24)32-9-13-34-14-10-32/h1-5,8,16,27-28H,6-7,9-15H2. The number of anilines is 1. The molecule has 6 rings (SSSR count). The molecule has 0 bridgehead atoms. The van der Waals surface area contributed by atoms with Crippen molar-refractivity contribution in [2.45, 2.75) is 25.4 Å². The lowest BCUT2D eigenvalue weighted by atomic mass is 10.1. The van der Waals surface area contributed by atoms with Gasteiger partial charge in [0.15, 0.2) is 11.6 Å². The highest BCUT2D eigenvalue weighted by Crippen LogP contribution is 2.32. The number of benzene rings is 1. The van der Waals surface area contributed by atoms with Crippen LogP contribution < -0.4 is 10.2 Å². The van der Waals surface area contributed by atoms with Crippen LogP contribution in [0.15, 0.2) is 36.5 Å². The normalized spacial score (nSPS) is 17.6. The van der Waals surface area contributed by atoms with E-state index >= 15 is 4.39 Å². The predicted octanol–water partition coefficient (Wildman–Crippen LogP) is 3.42. The molecule has 0 aliphatic carbocycles. The first-order chi connectivity index (χ1) is 16.8. The molecule has 4 aromatic rings. The molecule has 0 saturated carbocycles. The van der Waals surface area contributed by atoms with Crippen molar-refractivity contribution >= 4 is 27.8 Å². The summed E-state index contributed by atoms with van der Waals surface area (Å²) in [4.78, 5) is 19.9. The van der Waals surface area contributed by atoms with Gasteiger partial charge in [-0.3, -0.25) is 0 Å². The van der Waals surface area contributed by atoms with Gasteiger partial charge in [0.25, 0.3) is 0 Å². The number of nitrogens with zero attached hydrogens (tertiary/aromatic N) is 4. The van der Waals surface area contributed by atoms with Gasteiger partial charge in [0.2, 0.25) is 0 Å². The van der Waals surface area contributed by atoms with E-state index in [4.69, 9.17) is 24.4 Å². The number of hydrogen-bond donors (Lipinski definition) is 2. The van der Waals surface area contributed by atoms with E-state index in [9.17, 15) is 0 Å². The third-order valence-corrected chi connectivity index (χ3v) is 6.59. The van der Waals surface area contributed by atoms with Crippen molar-refractivity contribution < 1.29 is 13.9 Å². The molecule has 34 heavy (non-hydrogen) atoms. The summed E-state index contributed by atoms with van der Waals surface area (Å²) in [5, 5.41) is 4.36. The minimum absolute atomic E-state index is 0.343. The first-order valence-electron chi connectivity index (χ1n) is 11.8. The zero-order valence-electron chi connectivity index (χ0n) is 18.9. The van der Waals surface area contributed by atoms with E-state index in [1.54, 1.807) is 12.3 Å². The Balaban J connectivity index is 1.42. The highest BCUT2D eigenvalue weighted by atomic mass is 19.1. The molecule has 8 nitrogen and oxygen atoms in total. The van der Waals surface area contributed by atoms with Crippen LogP contribution in [0.3, 0.4) is 0 Å². The number of aromatic nitrogens is 4. The van der Waals surface area contributed by atoms with Crippen molar-refractivity contribution in [3.05, 3.63) is 48.0 Å². The van der Waals surface area contributed by atoms with E-state index < -0.39 is 0 Å². The highest BCUT2D eigenvalue weighted by molar-refractivity contribution is 5.96. The number of halogens is 1. The van der Waals surface area contributed by atoms with Crippen LogP contribution in [-0.2, 0) is 16.0 Å². The van der Waals surface area contributed by atoms with Crippen LogP contribution in [0.1, 0.15) is 18.5 Å². The lowest BCUT2D eigenvalue weighted by molar-refractivity contribution is 0.0775. The fourth-order valence-electron chi connectivity index (χ4n) is 4.73. The van der Waals surface area contributed by atoms with E-state index in [0.717, 1.165) is 54.0 Å². The lowest BCUT2D eigenvalue weighted by Crippen LogP contribution is -2.37. The number of nitrogens with one attached hydrogen (secondary N) is 2. The molecule has 0 unspecified atom stereocenters. The van der Waals surface area contributed by atoms with Gasteiger partial charge >= 0.3 is 0 Å². The Morgan fingerprint density at radius 2 is 1.79 bits per heavy atom. The zero-order valence-corrected chi connectivity index (χ0v) is 18.9. The molecular formula is C25H27FN6O2. The van der Waals surface area contributed by atoms with Crippen LogP contribution in [0.2, 0.25) is 0 Å². The summed E-state index contributed by atoms with van der Waals surface area (Å²) in [6.07, 6.45) is 3.82. The molecule has 2 fully saturated rings. The Morgan fingerprint density at radius 3 is 2.65 bits per heavy atom. The third-order valence-electron chi connectivity index (χ3n) is 6.59. The quantitative estimate of drug-likeness (QED) is 0.470. The number of rotatable bonds is 5. The summed E-state index contributed by atoms with van der Waals surface area (Å²) in [7, 11) is 0. The van der Waals surface area contributed by atoms with Gasteiger partial charge in [-0.15, -0.1) is 0 Å². The van der Waals surface area contributed by atoms with Crippen LogP contribution in [0.25, 0.3) is 33.3 Å². The van der Waals surface area contributed by atoms with Crippen molar-refractivity contribution in [3.8, 4) is 11.4 Å². The fraction of sp³-hybridized carbons (Fsp3) is 0.400. The number of morpholine rings is 1. The number of hydrogen-bond acceptors (Lipinski definition) is 7. The average molecular weight is 463 g/mol. The smallest absolute Gasteiger partial charge is 0.165 e. The molecule has 0 atom stereocenters. The lowest BCUT2D eigenvalue weighted by Gasteiger charge is -2.28. The van der Waals surface area contributed by atoms with Crippen molar-refractivity contribution in [1.82, 2.24) is 25.3 Å². The minimum atomic E-state index is -0.343. The summed E-state index contributed by atoms with van der Waals surface area (Å²) in [5.74, 6) is 0.749. The summed E-state index contributed by atoms with van der Waals surface area (Å²) < 4.78 is 26.0. The zero-order chi connectivity index (χ0) is 22.9. The van der Waals surface area contributed by atoms with Gasteiger partial charge in [-0.25, -0.2) is 19.3 Å². The first kappa shape index (κ1) is 21.4. The minimum Gasteiger partial charge on any atom is -0.381 e. The van der Waals surface area contributed by atoms with Gasteiger partial charge in [0, 0.05) is 56.0 Å². The number of aromatic amines is 1. The van der Waals surface area contributed by atoms with Crippen LogP contribution in [0, 0.1) is 5.82 Å². The Labute approximate surface area is 196 Å².